The van der Waals surface area contributed by atoms with E-state index < -0.39 is 0 Å². The van der Waals surface area contributed by atoms with Crippen LogP contribution in [0.25, 0.3) is 121 Å². The van der Waals surface area contributed by atoms with E-state index in [-0.39, 0.29) is 0 Å². The van der Waals surface area contributed by atoms with Gasteiger partial charge in [-0.3, -0.25) is 0 Å². The van der Waals surface area contributed by atoms with Crippen LogP contribution in [0.2, 0.25) is 0 Å². The van der Waals surface area contributed by atoms with Crippen LogP contribution in [-0.4, -0.2) is 0 Å². The van der Waals surface area contributed by atoms with Crippen molar-refractivity contribution in [3.8, 4) is 55.6 Å². The number of benzene rings is 10. The molecule has 2 heterocycles. The molecule has 0 spiro atoms. The maximum absolute atomic E-state index is 6.76. The Labute approximate surface area is 334 Å². The van der Waals surface area contributed by atoms with Crippen LogP contribution < -0.4 is 0 Å². The van der Waals surface area contributed by atoms with Gasteiger partial charge in [-0.25, -0.2) is 0 Å². The first-order valence-electron chi connectivity index (χ1n) is 19.8. The Morgan fingerprint density at radius 3 is 1.43 bits per heavy atom. The highest BCUT2D eigenvalue weighted by atomic mass is 16.3. The van der Waals surface area contributed by atoms with Gasteiger partial charge in [0.2, 0.25) is 0 Å². The van der Waals surface area contributed by atoms with Crippen LogP contribution in [0.5, 0.6) is 0 Å². The predicted octanol–water partition coefficient (Wildman–Crippen LogP) is 16.1. The minimum atomic E-state index is 0.882. The minimum Gasteiger partial charge on any atom is -0.456 e. The number of fused-ring (bicyclic) bond motifs is 8. The highest BCUT2D eigenvalue weighted by molar-refractivity contribution is 6.25. The highest BCUT2D eigenvalue weighted by Crippen LogP contribution is 2.51. The fraction of sp³-hybridized carbons (Fsp3) is 0. The molecule has 12 rings (SSSR count). The minimum absolute atomic E-state index is 0.882. The molecule has 2 heteroatoms. The molecule has 10 aromatic carbocycles. The van der Waals surface area contributed by atoms with Crippen LogP contribution in [0.3, 0.4) is 0 Å². The Hall–Kier alpha value is -7.68. The molecule has 2 aromatic heterocycles. The van der Waals surface area contributed by atoms with Gasteiger partial charge in [0.15, 0.2) is 0 Å². The summed E-state index contributed by atoms with van der Waals surface area (Å²) in [7, 11) is 0. The lowest BCUT2D eigenvalue weighted by atomic mass is 9.80. The number of para-hydroxylation sites is 3. The molecule has 0 aliphatic rings. The fourth-order valence-corrected chi connectivity index (χ4v) is 9.40. The molecule has 0 aliphatic carbocycles. The molecule has 270 valence electrons. The maximum Gasteiger partial charge on any atom is 0.143 e. The van der Waals surface area contributed by atoms with Gasteiger partial charge in [-0.05, 0) is 95.9 Å². The van der Waals surface area contributed by atoms with E-state index in [4.69, 9.17) is 8.83 Å². The SMILES string of the molecule is c1ccc(-c2ccccc2-c2c3ccccc3c(-c3c(-c4ccc5oc6ccccc6c5c4)cccc3-c3cccc4c3oc3ccccc34)c3ccccc23)cc1. The molecule has 0 saturated heterocycles. The van der Waals surface area contributed by atoms with Crippen molar-refractivity contribution in [2.24, 2.45) is 0 Å². The summed E-state index contributed by atoms with van der Waals surface area (Å²) in [6, 6.07) is 74.1. The molecule has 0 fully saturated rings. The van der Waals surface area contributed by atoms with Gasteiger partial charge >= 0.3 is 0 Å². The summed E-state index contributed by atoms with van der Waals surface area (Å²) in [6.07, 6.45) is 0. The first-order valence-corrected chi connectivity index (χ1v) is 19.8. The maximum atomic E-state index is 6.76. The lowest BCUT2D eigenvalue weighted by Gasteiger charge is -2.23. The smallest absolute Gasteiger partial charge is 0.143 e. The zero-order chi connectivity index (χ0) is 38.2. The molecule has 0 saturated carbocycles. The second-order valence-electron chi connectivity index (χ2n) is 15.1. The molecule has 2 nitrogen and oxygen atoms in total. The van der Waals surface area contributed by atoms with E-state index in [2.05, 4.69) is 188 Å². The van der Waals surface area contributed by atoms with Crippen LogP contribution >= 0.6 is 0 Å². The Bertz CT molecular complexity index is 3510. The largest absolute Gasteiger partial charge is 0.456 e. The molecule has 0 N–H and O–H groups in total. The quantitative estimate of drug-likeness (QED) is 0.164. The zero-order valence-corrected chi connectivity index (χ0v) is 31.4. The third-order valence-corrected chi connectivity index (χ3v) is 11.9. The van der Waals surface area contributed by atoms with Crippen molar-refractivity contribution < 1.29 is 8.83 Å². The zero-order valence-electron chi connectivity index (χ0n) is 31.4. The van der Waals surface area contributed by atoms with Crippen molar-refractivity contribution >= 4 is 65.4 Å². The molecule has 12 aromatic rings. The molecule has 58 heavy (non-hydrogen) atoms. The van der Waals surface area contributed by atoms with Gasteiger partial charge in [0, 0.05) is 27.1 Å². The van der Waals surface area contributed by atoms with Crippen molar-refractivity contribution in [2.45, 2.75) is 0 Å². The molecule has 0 atom stereocenters. The Balaban J connectivity index is 1.23. The van der Waals surface area contributed by atoms with Crippen molar-refractivity contribution in [3.63, 3.8) is 0 Å². The fourth-order valence-electron chi connectivity index (χ4n) is 9.40. The average Bonchev–Trinajstić information content (AvgIpc) is 3.87. The standard InChI is InChI=1S/C56H34O2/c1-2-16-35(17-3-1)37-18-4-5-21-41(37)53-42-22-6-8-24-44(42)55(45-25-9-7-23-43(45)53)54-38(36-32-33-52-49(34-36)40-20-11-12-30-50(40)57-52)26-14-27-46(54)48-29-15-28-47-39-19-10-13-31-51(39)58-56(47)48/h1-34H. The highest BCUT2D eigenvalue weighted by Gasteiger charge is 2.25. The van der Waals surface area contributed by atoms with Crippen molar-refractivity contribution in [1.82, 2.24) is 0 Å². The number of hydrogen-bond donors (Lipinski definition) is 0. The van der Waals surface area contributed by atoms with E-state index >= 15 is 0 Å². The second-order valence-corrected chi connectivity index (χ2v) is 15.1. The normalized spacial score (nSPS) is 11.8. The monoisotopic (exact) mass is 738 g/mol. The van der Waals surface area contributed by atoms with Crippen LogP contribution in [0.1, 0.15) is 0 Å². The summed E-state index contributed by atoms with van der Waals surface area (Å²) in [5, 5.41) is 9.24. The van der Waals surface area contributed by atoms with E-state index in [1.165, 1.54) is 49.4 Å². The van der Waals surface area contributed by atoms with Crippen molar-refractivity contribution in [3.05, 3.63) is 206 Å². The van der Waals surface area contributed by atoms with E-state index in [0.29, 0.717) is 0 Å². The molecule has 0 radical (unpaired) electrons. The second kappa shape index (κ2) is 12.9. The topological polar surface area (TPSA) is 26.3 Å². The van der Waals surface area contributed by atoms with Gasteiger partial charge in [0.05, 0.1) is 0 Å². The molecular weight excluding hydrogens is 705 g/mol. The van der Waals surface area contributed by atoms with Crippen LogP contribution in [0, 0.1) is 0 Å². The van der Waals surface area contributed by atoms with Gasteiger partial charge < -0.3 is 8.83 Å². The summed E-state index contributed by atoms with van der Waals surface area (Å²) in [6.45, 7) is 0. The van der Waals surface area contributed by atoms with E-state index in [9.17, 15) is 0 Å². The summed E-state index contributed by atoms with van der Waals surface area (Å²) >= 11 is 0. The first kappa shape index (κ1) is 32.6. The van der Waals surface area contributed by atoms with Crippen molar-refractivity contribution in [1.29, 1.82) is 0 Å². The summed E-state index contributed by atoms with van der Waals surface area (Å²) in [5.74, 6) is 0. The lowest BCUT2D eigenvalue weighted by molar-refractivity contribution is 0.669. The van der Waals surface area contributed by atoms with E-state index in [0.717, 1.165) is 71.7 Å². The number of furan rings is 2. The van der Waals surface area contributed by atoms with Gasteiger partial charge in [-0.2, -0.15) is 0 Å². The molecular formula is C56H34O2. The molecule has 0 bridgehead atoms. The third-order valence-electron chi connectivity index (χ3n) is 11.9. The van der Waals surface area contributed by atoms with Crippen LogP contribution in [-0.2, 0) is 0 Å². The average molecular weight is 739 g/mol. The Morgan fingerprint density at radius 1 is 0.224 bits per heavy atom. The Morgan fingerprint density at radius 2 is 0.707 bits per heavy atom. The van der Waals surface area contributed by atoms with Crippen molar-refractivity contribution in [2.75, 3.05) is 0 Å². The van der Waals surface area contributed by atoms with E-state index in [1.54, 1.807) is 0 Å². The first-order chi connectivity index (χ1) is 28.8. The number of hydrogen-bond acceptors (Lipinski definition) is 2. The lowest BCUT2D eigenvalue weighted by Crippen LogP contribution is -1.96. The van der Waals surface area contributed by atoms with Crippen LogP contribution in [0.15, 0.2) is 215 Å². The molecule has 0 unspecified atom stereocenters. The molecule has 0 aliphatic heterocycles. The van der Waals surface area contributed by atoms with E-state index in [1.807, 2.05) is 18.2 Å². The molecule has 0 amide bonds. The summed E-state index contributed by atoms with van der Waals surface area (Å²) in [4.78, 5) is 0. The van der Waals surface area contributed by atoms with Gasteiger partial charge in [-0.15, -0.1) is 0 Å². The predicted molar refractivity (Wildman–Crippen MR) is 243 cm³/mol. The summed E-state index contributed by atoms with van der Waals surface area (Å²) in [5.41, 5.74) is 15.2. The van der Waals surface area contributed by atoms with Gasteiger partial charge in [0.25, 0.3) is 0 Å². The van der Waals surface area contributed by atoms with Gasteiger partial charge in [-0.1, -0.05) is 182 Å². The Kier molecular flexibility index (Phi) is 7.26. The van der Waals surface area contributed by atoms with Crippen LogP contribution in [0.4, 0.5) is 0 Å². The number of rotatable bonds is 5. The summed E-state index contributed by atoms with van der Waals surface area (Å²) < 4.78 is 13.1. The third kappa shape index (κ3) is 4.92. The van der Waals surface area contributed by atoms with Gasteiger partial charge in [0.1, 0.15) is 22.3 Å².